The van der Waals surface area contributed by atoms with E-state index in [4.69, 9.17) is 35.8 Å². The Morgan fingerprint density at radius 1 is 0.923 bits per heavy atom. The number of aromatic amines is 1. The topological polar surface area (TPSA) is 203 Å². The number of carbonyl (C=O) groups excluding carboxylic acids is 1. The van der Waals surface area contributed by atoms with Gasteiger partial charge in [0.15, 0.2) is 0 Å². The first kappa shape index (κ1) is 45.0. The van der Waals surface area contributed by atoms with Crippen molar-refractivity contribution in [3.05, 3.63) is 118 Å². The Bertz CT molecular complexity index is 2870. The van der Waals surface area contributed by atoms with Crippen LogP contribution >= 0.6 is 11.6 Å². The number of halogens is 1. The Morgan fingerprint density at radius 2 is 1.69 bits per heavy atom. The van der Waals surface area contributed by atoms with Crippen molar-refractivity contribution in [2.45, 2.75) is 63.7 Å². The predicted octanol–water partition coefficient (Wildman–Crippen LogP) is 7.59. The van der Waals surface area contributed by atoms with Gasteiger partial charge in [0, 0.05) is 85.3 Å². The van der Waals surface area contributed by atoms with E-state index in [1.807, 2.05) is 18.2 Å². The minimum Gasteiger partial charge on any atom is -0.491 e. The number of H-pyrrole nitrogens is 1. The van der Waals surface area contributed by atoms with Crippen LogP contribution in [0.1, 0.15) is 61.4 Å². The fourth-order valence-electron chi connectivity index (χ4n) is 8.03. The highest BCUT2D eigenvalue weighted by Gasteiger charge is 2.26. The molecule has 0 spiro atoms. The first-order chi connectivity index (χ1) is 31.4. The molecule has 8 rings (SSSR count). The van der Waals surface area contributed by atoms with Gasteiger partial charge in [0.25, 0.3) is 11.5 Å². The molecule has 6 aromatic rings. The van der Waals surface area contributed by atoms with E-state index < -0.39 is 10.0 Å². The predicted molar refractivity (Wildman–Crippen MR) is 248 cm³/mol. The summed E-state index contributed by atoms with van der Waals surface area (Å²) in [5.41, 5.74) is 2.69. The third kappa shape index (κ3) is 11.0. The molecule has 0 atom stereocenters. The first-order valence-electron chi connectivity index (χ1n) is 21.5. The number of hydrogen-bond donors (Lipinski definition) is 3. The van der Waals surface area contributed by atoms with Crippen LogP contribution in [0.3, 0.4) is 0 Å². The number of aryl methyl sites for hydroxylation is 1. The molecule has 2 fully saturated rings. The molecule has 3 aromatic carbocycles. The highest BCUT2D eigenvalue weighted by molar-refractivity contribution is 7.92. The van der Waals surface area contributed by atoms with Crippen LogP contribution in [0.4, 0.5) is 11.6 Å². The van der Waals surface area contributed by atoms with Crippen LogP contribution in [-0.2, 0) is 21.8 Å². The van der Waals surface area contributed by atoms with Gasteiger partial charge in [0.05, 0.1) is 40.7 Å². The molecule has 1 saturated carbocycles. The Kier molecular flexibility index (Phi) is 13.9. The number of benzene rings is 3. The largest absolute Gasteiger partial charge is 0.491 e. The summed E-state index contributed by atoms with van der Waals surface area (Å²) in [6, 6.07) is 21.2. The van der Waals surface area contributed by atoms with E-state index in [-0.39, 0.29) is 35.5 Å². The highest BCUT2D eigenvalue weighted by Crippen LogP contribution is 2.39. The lowest BCUT2D eigenvalue weighted by molar-refractivity contribution is 0.0201. The number of carbonyl (C=O) groups is 1. The second-order valence-corrected chi connectivity index (χ2v) is 18.4. The number of nitrogens with one attached hydrogen (secondary N) is 3. The van der Waals surface area contributed by atoms with Gasteiger partial charge in [-0.15, -0.1) is 0 Å². The molecular weight excluding hydrogens is 872 g/mol. The van der Waals surface area contributed by atoms with Crippen molar-refractivity contribution in [3.8, 4) is 40.2 Å². The van der Waals surface area contributed by atoms with E-state index in [2.05, 4.69) is 29.9 Å². The first-order valence-corrected chi connectivity index (χ1v) is 23.6. The normalized spacial score (nSPS) is 16.7. The molecule has 3 aromatic heterocycles. The van der Waals surface area contributed by atoms with Crippen molar-refractivity contribution in [2.24, 2.45) is 7.05 Å². The van der Waals surface area contributed by atoms with E-state index in [0.717, 1.165) is 38.5 Å². The van der Waals surface area contributed by atoms with Gasteiger partial charge < -0.3 is 38.7 Å². The summed E-state index contributed by atoms with van der Waals surface area (Å²) in [6.45, 7) is 3.68. The Balaban J connectivity index is 0.787. The number of piperidine rings is 1. The van der Waals surface area contributed by atoms with Crippen molar-refractivity contribution in [2.75, 3.05) is 41.7 Å². The lowest BCUT2D eigenvalue weighted by Crippen LogP contribution is -2.40. The molecule has 2 aliphatic rings. The molecule has 338 valence electrons. The van der Waals surface area contributed by atoms with Crippen molar-refractivity contribution in [3.63, 3.8) is 0 Å². The van der Waals surface area contributed by atoms with Gasteiger partial charge in [-0.05, 0) is 94.0 Å². The number of fused-ring (bicyclic) bond motifs is 1. The summed E-state index contributed by atoms with van der Waals surface area (Å²) < 4.78 is 53.7. The molecule has 3 N–H and O–H groups in total. The fraction of sp³-hybridized carbons (Fsp3) is 0.340. The minimum atomic E-state index is -3.55. The molecule has 0 radical (unpaired) electrons. The average molecular weight is 921 g/mol. The number of ether oxygens (including phenoxy) is 4. The highest BCUT2D eigenvalue weighted by atomic mass is 35.5. The van der Waals surface area contributed by atoms with Gasteiger partial charge in [0.1, 0.15) is 41.2 Å². The second kappa shape index (κ2) is 20.1. The molecular formula is C47H49ClN8O8S. The maximum Gasteiger partial charge on any atom is 0.274 e. The number of amides is 1. The number of nitrogens with zero attached hydrogens (tertiary/aromatic N) is 5. The molecule has 16 nitrogen and oxygen atoms in total. The smallest absolute Gasteiger partial charge is 0.274 e. The van der Waals surface area contributed by atoms with E-state index in [1.54, 1.807) is 93.4 Å². The van der Waals surface area contributed by atoms with E-state index in [0.29, 0.717) is 99.1 Å². The number of rotatable bonds is 16. The Morgan fingerprint density at radius 3 is 2.43 bits per heavy atom. The van der Waals surface area contributed by atoms with Crippen molar-refractivity contribution < 1.29 is 32.2 Å². The van der Waals surface area contributed by atoms with Crippen LogP contribution in [0.5, 0.6) is 23.0 Å². The zero-order valence-corrected chi connectivity index (χ0v) is 37.5. The number of anilines is 2. The van der Waals surface area contributed by atoms with Crippen LogP contribution in [-0.4, -0.2) is 84.1 Å². The molecule has 0 unspecified atom stereocenters. The molecule has 1 aliphatic heterocycles. The molecule has 1 amide bonds. The SMILES string of the molecule is CCS(=O)(=O)Nc1ccc(Oc2cccc(OCCOC3CCN(c4ncc(C(=O)N[C@H]5CC[C@H](Oc6ccc(C#N)c(Cl)c6)CC5)cn4)CC3)c2)c(-c2cn(C)c(=O)c3[nH]ccc23)c1. The number of hydrogen-bond acceptors (Lipinski definition) is 12. The monoisotopic (exact) mass is 920 g/mol. The van der Waals surface area contributed by atoms with Gasteiger partial charge in [-0.25, -0.2) is 18.4 Å². The molecule has 65 heavy (non-hydrogen) atoms. The quantitative estimate of drug-likeness (QED) is 0.0805. The van der Waals surface area contributed by atoms with Gasteiger partial charge in [-0.3, -0.25) is 14.3 Å². The third-order valence-electron chi connectivity index (χ3n) is 11.6. The lowest BCUT2D eigenvalue weighted by Gasteiger charge is -2.32. The molecule has 0 bridgehead atoms. The summed E-state index contributed by atoms with van der Waals surface area (Å²) >= 11 is 6.15. The van der Waals surface area contributed by atoms with E-state index >= 15 is 0 Å². The molecule has 1 aliphatic carbocycles. The summed E-state index contributed by atoms with van der Waals surface area (Å²) in [4.78, 5) is 40.0. The molecule has 18 heteroatoms. The number of pyridine rings is 1. The summed E-state index contributed by atoms with van der Waals surface area (Å²) in [5, 5.41) is 13.3. The fourth-order valence-corrected chi connectivity index (χ4v) is 8.87. The maximum absolute atomic E-state index is 13.0. The van der Waals surface area contributed by atoms with Gasteiger partial charge >= 0.3 is 0 Å². The average Bonchev–Trinajstić information content (AvgIpc) is 3.81. The lowest BCUT2D eigenvalue weighted by atomic mass is 9.92. The molecule has 1 saturated heterocycles. The van der Waals surface area contributed by atoms with Gasteiger partial charge in [-0.1, -0.05) is 17.7 Å². The van der Waals surface area contributed by atoms with Gasteiger partial charge in [-0.2, -0.15) is 5.26 Å². The van der Waals surface area contributed by atoms with Crippen molar-refractivity contribution in [1.82, 2.24) is 24.8 Å². The standard InChI is InChI=1S/C47H49ClN8O8S/c1-3-65(59,60)54-33-10-14-43(40(23-33)41-29-55(2)46(58)44-39(41)15-18-50-44)64-37-6-4-5-36(24-37)62-22-21-61-34-16-19-56(20-17-34)47-51-27-31(28-52-47)45(57)53-32-8-12-35(13-9-32)63-38-11-7-30(26-49)42(48)25-38/h4-7,10-11,14-15,18,23-25,27-29,32,34-35,50,54H,3,8-9,12-13,16-17,19-22H2,1-2H3,(H,53,57)/t32-,35-. The zero-order valence-electron chi connectivity index (χ0n) is 36.0. The molecule has 4 heterocycles. The number of sulfonamides is 1. The second-order valence-electron chi connectivity index (χ2n) is 16.0. The van der Waals surface area contributed by atoms with Crippen LogP contribution in [0.2, 0.25) is 5.02 Å². The van der Waals surface area contributed by atoms with Crippen LogP contribution in [0, 0.1) is 11.3 Å². The van der Waals surface area contributed by atoms with Gasteiger partial charge in [0.2, 0.25) is 16.0 Å². The zero-order chi connectivity index (χ0) is 45.5. The number of nitriles is 1. The van der Waals surface area contributed by atoms with Crippen LogP contribution in [0.15, 0.2) is 96.3 Å². The summed E-state index contributed by atoms with van der Waals surface area (Å²) in [7, 11) is -1.89. The summed E-state index contributed by atoms with van der Waals surface area (Å²) in [5.74, 6) is 2.46. The van der Waals surface area contributed by atoms with E-state index in [9.17, 15) is 18.0 Å². The van der Waals surface area contributed by atoms with Crippen molar-refractivity contribution in [1.29, 1.82) is 5.26 Å². The minimum absolute atomic E-state index is 0.00924. The summed E-state index contributed by atoms with van der Waals surface area (Å²) in [6.07, 6.45) is 11.3. The number of aromatic nitrogens is 4. The maximum atomic E-state index is 13.0. The van der Waals surface area contributed by atoms with Crippen LogP contribution < -0.4 is 34.7 Å². The van der Waals surface area contributed by atoms with Crippen molar-refractivity contribution >= 4 is 50.1 Å². The third-order valence-corrected chi connectivity index (χ3v) is 13.2. The van der Waals surface area contributed by atoms with Crippen LogP contribution in [0.25, 0.3) is 22.0 Å². The Labute approximate surface area is 381 Å². The Hall–Kier alpha value is -6.61. The van der Waals surface area contributed by atoms with E-state index in [1.165, 1.54) is 4.57 Å².